The number of rotatable bonds is 7. The van der Waals surface area contributed by atoms with Gasteiger partial charge in [-0.1, -0.05) is 30.0 Å². The minimum atomic E-state index is -0.0864. The zero-order chi connectivity index (χ0) is 19.2. The Kier molecular flexibility index (Phi) is 5.93. The number of aromatic nitrogens is 3. The van der Waals surface area contributed by atoms with E-state index >= 15 is 0 Å². The van der Waals surface area contributed by atoms with Gasteiger partial charge in [0.1, 0.15) is 5.76 Å². The highest BCUT2D eigenvalue weighted by Gasteiger charge is 2.22. The molecule has 9 heteroatoms. The van der Waals surface area contributed by atoms with Gasteiger partial charge in [-0.05, 0) is 24.3 Å². The van der Waals surface area contributed by atoms with Crippen molar-refractivity contribution in [3.63, 3.8) is 0 Å². The number of nitrogens with one attached hydrogen (secondary N) is 1. The van der Waals surface area contributed by atoms with E-state index in [1.807, 2.05) is 47.0 Å². The van der Waals surface area contributed by atoms with E-state index < -0.39 is 0 Å². The van der Waals surface area contributed by atoms with Crippen molar-refractivity contribution in [2.45, 2.75) is 11.7 Å². The molecule has 1 aliphatic heterocycles. The lowest BCUT2D eigenvalue weighted by molar-refractivity contribution is -0.113. The first kappa shape index (κ1) is 18.6. The maximum absolute atomic E-state index is 12.3. The Morgan fingerprint density at radius 2 is 1.93 bits per heavy atom. The molecule has 1 saturated heterocycles. The van der Waals surface area contributed by atoms with E-state index in [4.69, 9.17) is 9.15 Å². The molecule has 1 aromatic carbocycles. The number of hydrogen-bond acceptors (Lipinski definition) is 7. The monoisotopic (exact) mass is 399 g/mol. The molecule has 8 nitrogen and oxygen atoms in total. The Bertz CT molecular complexity index is 892. The van der Waals surface area contributed by atoms with Crippen molar-refractivity contribution < 1.29 is 13.9 Å². The van der Waals surface area contributed by atoms with Crippen LogP contribution in [-0.2, 0) is 16.1 Å². The molecule has 0 saturated carbocycles. The summed E-state index contributed by atoms with van der Waals surface area (Å²) in [5.41, 5.74) is 0.777. The number of hydrogen-bond donors (Lipinski definition) is 1. The van der Waals surface area contributed by atoms with E-state index in [1.54, 1.807) is 6.26 Å². The molecule has 3 aromatic rings. The average Bonchev–Trinajstić information content (AvgIpc) is 3.38. The Labute approximate surface area is 166 Å². The van der Waals surface area contributed by atoms with Crippen molar-refractivity contribution in [2.75, 3.05) is 42.3 Å². The predicted octanol–water partition coefficient (Wildman–Crippen LogP) is 2.49. The number of ether oxygens (including phenoxy) is 1. The number of thioether (sulfide) groups is 1. The number of carbonyl (C=O) groups excluding carboxylic acids is 1. The molecule has 28 heavy (non-hydrogen) atoms. The number of anilines is 2. The van der Waals surface area contributed by atoms with Gasteiger partial charge in [0.2, 0.25) is 11.9 Å². The van der Waals surface area contributed by atoms with Gasteiger partial charge < -0.3 is 19.4 Å². The second kappa shape index (κ2) is 8.94. The fourth-order valence-electron chi connectivity index (χ4n) is 2.93. The van der Waals surface area contributed by atoms with Crippen molar-refractivity contribution in [3.05, 3.63) is 54.5 Å². The van der Waals surface area contributed by atoms with Gasteiger partial charge in [0, 0.05) is 18.8 Å². The molecular formula is C19H21N5O3S. The molecule has 0 radical (unpaired) electrons. The summed E-state index contributed by atoms with van der Waals surface area (Å²) in [6, 6.07) is 13.2. The van der Waals surface area contributed by atoms with Crippen LogP contribution >= 0.6 is 11.8 Å². The Balaban J connectivity index is 1.47. The summed E-state index contributed by atoms with van der Waals surface area (Å²) < 4.78 is 12.9. The second-order valence-electron chi connectivity index (χ2n) is 6.25. The normalized spacial score (nSPS) is 14.2. The minimum absolute atomic E-state index is 0.0864. The topological polar surface area (TPSA) is 85.4 Å². The lowest BCUT2D eigenvalue weighted by atomic mass is 10.3. The molecule has 1 N–H and O–H groups in total. The van der Waals surface area contributed by atoms with E-state index in [-0.39, 0.29) is 11.7 Å². The third kappa shape index (κ3) is 4.55. The number of carbonyl (C=O) groups is 1. The van der Waals surface area contributed by atoms with Crippen LogP contribution in [0, 0.1) is 0 Å². The second-order valence-corrected chi connectivity index (χ2v) is 7.19. The van der Waals surface area contributed by atoms with Gasteiger partial charge in [0.05, 0.1) is 31.8 Å². The minimum Gasteiger partial charge on any atom is -0.467 e. The van der Waals surface area contributed by atoms with Crippen LogP contribution < -0.4 is 10.2 Å². The summed E-state index contributed by atoms with van der Waals surface area (Å²) in [4.78, 5) is 14.4. The first-order chi connectivity index (χ1) is 13.8. The third-order valence-corrected chi connectivity index (χ3v) is 5.24. The first-order valence-corrected chi connectivity index (χ1v) is 10.0. The Morgan fingerprint density at radius 3 is 2.68 bits per heavy atom. The molecule has 2 aromatic heterocycles. The Morgan fingerprint density at radius 1 is 1.11 bits per heavy atom. The number of nitrogens with zero attached hydrogens (tertiary/aromatic N) is 4. The van der Waals surface area contributed by atoms with Crippen molar-refractivity contribution in [1.29, 1.82) is 0 Å². The molecule has 4 rings (SSSR count). The van der Waals surface area contributed by atoms with Crippen molar-refractivity contribution in [1.82, 2.24) is 14.8 Å². The van der Waals surface area contributed by atoms with Crippen LogP contribution in [0.3, 0.4) is 0 Å². The highest BCUT2D eigenvalue weighted by molar-refractivity contribution is 7.99. The number of amides is 1. The molecule has 0 bridgehead atoms. The van der Waals surface area contributed by atoms with Crippen molar-refractivity contribution in [3.8, 4) is 0 Å². The molecule has 146 valence electrons. The van der Waals surface area contributed by atoms with Crippen LogP contribution in [0.15, 0.2) is 58.3 Å². The van der Waals surface area contributed by atoms with Crippen molar-refractivity contribution >= 4 is 29.3 Å². The summed E-state index contributed by atoms with van der Waals surface area (Å²) in [6.07, 6.45) is 1.65. The van der Waals surface area contributed by atoms with Crippen LogP contribution in [0.1, 0.15) is 5.76 Å². The maximum atomic E-state index is 12.3. The fraction of sp³-hybridized carbons (Fsp3) is 0.316. The predicted molar refractivity (Wildman–Crippen MR) is 107 cm³/mol. The molecule has 1 aliphatic rings. The largest absolute Gasteiger partial charge is 0.467 e. The standard InChI is InChI=1S/C19H21N5O3S/c25-17(20-15-5-2-1-3-6-15)14-28-19-22-21-18(23-8-11-26-12-9-23)24(19)13-16-7-4-10-27-16/h1-7,10H,8-9,11-14H2,(H,20,25). The molecule has 1 amide bonds. The molecule has 0 spiro atoms. The van der Waals surface area contributed by atoms with Gasteiger partial charge in [-0.3, -0.25) is 9.36 Å². The summed E-state index contributed by atoms with van der Waals surface area (Å²) in [6.45, 7) is 3.35. The number of morpholine rings is 1. The van der Waals surface area contributed by atoms with Crippen LogP contribution in [-0.4, -0.2) is 52.7 Å². The van der Waals surface area contributed by atoms with Gasteiger partial charge in [-0.25, -0.2) is 0 Å². The van der Waals surface area contributed by atoms with E-state index in [2.05, 4.69) is 20.4 Å². The van der Waals surface area contributed by atoms with Gasteiger partial charge in [-0.15, -0.1) is 10.2 Å². The van der Waals surface area contributed by atoms with E-state index in [0.717, 1.165) is 30.5 Å². The molecular weight excluding hydrogens is 378 g/mol. The smallest absolute Gasteiger partial charge is 0.234 e. The molecule has 0 atom stereocenters. The number of para-hydroxylation sites is 1. The van der Waals surface area contributed by atoms with E-state index in [9.17, 15) is 4.79 Å². The summed E-state index contributed by atoms with van der Waals surface area (Å²) >= 11 is 1.36. The third-order valence-electron chi connectivity index (χ3n) is 4.28. The lowest BCUT2D eigenvalue weighted by Crippen LogP contribution is -2.38. The van der Waals surface area contributed by atoms with Gasteiger partial charge >= 0.3 is 0 Å². The highest BCUT2D eigenvalue weighted by atomic mass is 32.2. The lowest BCUT2D eigenvalue weighted by Gasteiger charge is -2.27. The number of benzene rings is 1. The van der Waals surface area contributed by atoms with Gasteiger partial charge in [0.15, 0.2) is 5.16 Å². The van der Waals surface area contributed by atoms with Crippen molar-refractivity contribution in [2.24, 2.45) is 0 Å². The van der Waals surface area contributed by atoms with E-state index in [1.165, 1.54) is 11.8 Å². The van der Waals surface area contributed by atoms with Crippen LogP contribution in [0.25, 0.3) is 0 Å². The summed E-state index contributed by atoms with van der Waals surface area (Å²) in [7, 11) is 0. The van der Waals surface area contributed by atoms with Gasteiger partial charge in [-0.2, -0.15) is 0 Å². The molecule has 3 heterocycles. The number of furan rings is 1. The molecule has 0 aliphatic carbocycles. The summed E-state index contributed by atoms with van der Waals surface area (Å²) in [5, 5.41) is 12.3. The van der Waals surface area contributed by atoms with E-state index in [0.29, 0.717) is 24.9 Å². The summed E-state index contributed by atoms with van der Waals surface area (Å²) in [5.74, 6) is 1.74. The van der Waals surface area contributed by atoms with Crippen LogP contribution in [0.2, 0.25) is 0 Å². The van der Waals surface area contributed by atoms with Crippen LogP contribution in [0.5, 0.6) is 0 Å². The molecule has 0 unspecified atom stereocenters. The first-order valence-electron chi connectivity index (χ1n) is 9.05. The SMILES string of the molecule is O=C(CSc1nnc(N2CCOCC2)n1Cc1ccco1)Nc1ccccc1. The maximum Gasteiger partial charge on any atom is 0.234 e. The fourth-order valence-corrected chi connectivity index (χ4v) is 3.66. The quantitative estimate of drug-likeness (QED) is 0.611. The van der Waals surface area contributed by atoms with Gasteiger partial charge in [0.25, 0.3) is 0 Å². The molecule has 1 fully saturated rings. The Hall–Kier alpha value is -2.78. The zero-order valence-electron chi connectivity index (χ0n) is 15.3. The zero-order valence-corrected chi connectivity index (χ0v) is 16.1. The van der Waals surface area contributed by atoms with Crippen LogP contribution in [0.4, 0.5) is 11.6 Å². The average molecular weight is 399 g/mol. The highest BCUT2D eigenvalue weighted by Crippen LogP contribution is 2.24.